The second-order valence-corrected chi connectivity index (χ2v) is 6.84. The van der Waals surface area contributed by atoms with Gasteiger partial charge >= 0.3 is 5.97 Å². The molecule has 0 fully saturated rings. The zero-order valence-electron chi connectivity index (χ0n) is 15.8. The molecule has 27 heavy (non-hydrogen) atoms. The van der Waals surface area contributed by atoms with Gasteiger partial charge in [-0.2, -0.15) is 0 Å². The topological polar surface area (TPSA) is 73.9 Å². The van der Waals surface area contributed by atoms with Crippen LogP contribution in [0.4, 0.5) is 5.69 Å². The number of benzene rings is 2. The molecule has 144 valence electrons. The number of aryl methyl sites for hydroxylation is 1. The smallest absolute Gasteiger partial charge is 0.317 e. The Morgan fingerprint density at radius 2 is 1.78 bits per heavy atom. The Balaban J connectivity index is 1.86. The van der Waals surface area contributed by atoms with Crippen LogP contribution in [0.5, 0.6) is 11.5 Å². The summed E-state index contributed by atoms with van der Waals surface area (Å²) in [4.78, 5) is 25.2. The summed E-state index contributed by atoms with van der Waals surface area (Å²) >= 11 is 1.33. The lowest BCUT2D eigenvalue weighted by Crippen LogP contribution is -2.30. The van der Waals surface area contributed by atoms with Crippen molar-refractivity contribution in [2.24, 2.45) is 0 Å². The number of hydrogen-bond acceptors (Lipinski definition) is 6. The fourth-order valence-electron chi connectivity index (χ4n) is 2.25. The van der Waals surface area contributed by atoms with E-state index in [4.69, 9.17) is 14.2 Å². The van der Waals surface area contributed by atoms with E-state index in [1.54, 1.807) is 19.2 Å². The second kappa shape index (κ2) is 9.87. The molecule has 1 amide bonds. The van der Waals surface area contributed by atoms with Crippen molar-refractivity contribution in [1.29, 1.82) is 0 Å². The number of rotatable bonds is 8. The lowest BCUT2D eigenvalue weighted by atomic mass is 10.2. The summed E-state index contributed by atoms with van der Waals surface area (Å²) in [5.41, 5.74) is 1.52. The highest BCUT2D eigenvalue weighted by atomic mass is 32.2. The monoisotopic (exact) mass is 389 g/mol. The Labute approximate surface area is 163 Å². The molecule has 0 saturated heterocycles. The van der Waals surface area contributed by atoms with Crippen molar-refractivity contribution in [3.05, 3.63) is 48.0 Å². The van der Waals surface area contributed by atoms with E-state index < -0.39 is 18.0 Å². The summed E-state index contributed by atoms with van der Waals surface area (Å²) in [7, 11) is 3.12. The molecule has 6 nitrogen and oxygen atoms in total. The van der Waals surface area contributed by atoms with Crippen molar-refractivity contribution in [3.63, 3.8) is 0 Å². The Morgan fingerprint density at radius 3 is 2.41 bits per heavy atom. The second-order valence-electron chi connectivity index (χ2n) is 5.79. The van der Waals surface area contributed by atoms with Gasteiger partial charge in [0.25, 0.3) is 5.91 Å². The fraction of sp³-hybridized carbons (Fsp3) is 0.300. The molecular weight excluding hydrogens is 366 g/mol. The van der Waals surface area contributed by atoms with E-state index in [2.05, 4.69) is 5.32 Å². The van der Waals surface area contributed by atoms with Gasteiger partial charge in [-0.05, 0) is 55.8 Å². The van der Waals surface area contributed by atoms with Gasteiger partial charge in [-0.15, -0.1) is 11.8 Å². The normalized spacial score (nSPS) is 11.4. The summed E-state index contributed by atoms with van der Waals surface area (Å²) < 4.78 is 15.5. The minimum Gasteiger partial charge on any atom is -0.497 e. The van der Waals surface area contributed by atoms with Crippen LogP contribution in [-0.2, 0) is 14.3 Å². The lowest BCUT2D eigenvalue weighted by molar-refractivity contribution is -0.150. The summed E-state index contributed by atoms with van der Waals surface area (Å²) in [5, 5.41) is 2.73. The molecule has 0 radical (unpaired) electrons. The average Bonchev–Trinajstić information content (AvgIpc) is 2.67. The molecule has 0 saturated carbocycles. The largest absolute Gasteiger partial charge is 0.497 e. The SMILES string of the molecule is COc1ccc(SCC(=O)O[C@@H](C)C(=O)Nc2cc(C)ccc2OC)cc1. The van der Waals surface area contributed by atoms with Crippen molar-refractivity contribution in [1.82, 2.24) is 0 Å². The zero-order chi connectivity index (χ0) is 19.8. The van der Waals surface area contributed by atoms with Gasteiger partial charge in [0.05, 0.1) is 25.7 Å². The highest BCUT2D eigenvalue weighted by Crippen LogP contribution is 2.25. The third-order valence-corrected chi connectivity index (χ3v) is 4.69. The summed E-state index contributed by atoms with van der Waals surface area (Å²) in [6, 6.07) is 12.8. The first-order valence-electron chi connectivity index (χ1n) is 8.34. The number of carbonyl (C=O) groups excluding carboxylic acids is 2. The first kappa shape index (κ1) is 20.6. The fourth-order valence-corrected chi connectivity index (χ4v) is 2.93. The number of amides is 1. The summed E-state index contributed by atoms with van der Waals surface area (Å²) in [6.07, 6.45) is -0.917. The van der Waals surface area contributed by atoms with Crippen molar-refractivity contribution >= 4 is 29.3 Å². The van der Waals surface area contributed by atoms with E-state index in [1.807, 2.05) is 37.3 Å². The third kappa shape index (κ3) is 6.21. The molecule has 2 aromatic carbocycles. The van der Waals surface area contributed by atoms with Gasteiger partial charge in [0, 0.05) is 4.90 Å². The van der Waals surface area contributed by atoms with Crippen molar-refractivity contribution in [2.45, 2.75) is 24.8 Å². The van der Waals surface area contributed by atoms with Gasteiger partial charge in [-0.3, -0.25) is 9.59 Å². The van der Waals surface area contributed by atoms with Crippen LogP contribution in [-0.4, -0.2) is 38.0 Å². The van der Waals surface area contributed by atoms with Gasteiger partial charge < -0.3 is 19.5 Å². The molecule has 2 rings (SSSR count). The number of methoxy groups -OCH3 is 2. The maximum Gasteiger partial charge on any atom is 0.317 e. The molecule has 0 heterocycles. The predicted octanol–water partition coefficient (Wildman–Crippen LogP) is 3.67. The zero-order valence-corrected chi connectivity index (χ0v) is 16.6. The average molecular weight is 389 g/mol. The molecule has 1 atom stereocenters. The molecule has 0 aromatic heterocycles. The molecular formula is C20H23NO5S. The molecule has 0 aliphatic carbocycles. The number of esters is 1. The van der Waals surface area contributed by atoms with Gasteiger partial charge in [0.2, 0.25) is 0 Å². The van der Waals surface area contributed by atoms with E-state index in [9.17, 15) is 9.59 Å². The number of thioether (sulfide) groups is 1. The van der Waals surface area contributed by atoms with Crippen LogP contribution in [0.25, 0.3) is 0 Å². The molecule has 0 spiro atoms. The van der Waals surface area contributed by atoms with Crippen molar-refractivity contribution < 1.29 is 23.8 Å². The van der Waals surface area contributed by atoms with Crippen LogP contribution in [0, 0.1) is 6.92 Å². The van der Waals surface area contributed by atoms with Crippen LogP contribution in [0.2, 0.25) is 0 Å². The van der Waals surface area contributed by atoms with Gasteiger partial charge in [-0.25, -0.2) is 0 Å². The molecule has 1 N–H and O–H groups in total. The van der Waals surface area contributed by atoms with Gasteiger partial charge in [0.15, 0.2) is 6.10 Å². The van der Waals surface area contributed by atoms with Crippen LogP contribution < -0.4 is 14.8 Å². The van der Waals surface area contributed by atoms with Crippen LogP contribution in [0.3, 0.4) is 0 Å². The van der Waals surface area contributed by atoms with Gasteiger partial charge in [0.1, 0.15) is 11.5 Å². The van der Waals surface area contributed by atoms with Crippen molar-refractivity contribution in [2.75, 3.05) is 25.3 Å². The van der Waals surface area contributed by atoms with E-state index in [1.165, 1.54) is 25.8 Å². The first-order chi connectivity index (χ1) is 12.9. The number of ether oxygens (including phenoxy) is 3. The minimum atomic E-state index is -0.917. The molecule has 0 bridgehead atoms. The van der Waals surface area contributed by atoms with E-state index in [-0.39, 0.29) is 5.75 Å². The molecule has 0 unspecified atom stereocenters. The van der Waals surface area contributed by atoms with E-state index in [0.717, 1.165) is 16.2 Å². The number of hydrogen-bond donors (Lipinski definition) is 1. The lowest BCUT2D eigenvalue weighted by Gasteiger charge is -2.15. The highest BCUT2D eigenvalue weighted by molar-refractivity contribution is 8.00. The maximum atomic E-state index is 12.3. The quantitative estimate of drug-likeness (QED) is 0.548. The minimum absolute atomic E-state index is 0.109. The van der Waals surface area contributed by atoms with Crippen LogP contribution in [0.15, 0.2) is 47.4 Å². The molecule has 0 aliphatic heterocycles. The van der Waals surface area contributed by atoms with E-state index >= 15 is 0 Å². The molecule has 2 aromatic rings. The number of carbonyl (C=O) groups is 2. The molecule has 7 heteroatoms. The Bertz CT molecular complexity index is 791. The Morgan fingerprint density at radius 1 is 1.07 bits per heavy atom. The number of anilines is 1. The van der Waals surface area contributed by atoms with Crippen LogP contribution in [0.1, 0.15) is 12.5 Å². The number of nitrogens with one attached hydrogen (secondary N) is 1. The first-order valence-corrected chi connectivity index (χ1v) is 9.33. The summed E-state index contributed by atoms with van der Waals surface area (Å²) in [6.45, 7) is 3.45. The Kier molecular flexibility index (Phi) is 7.55. The van der Waals surface area contributed by atoms with E-state index in [0.29, 0.717) is 11.4 Å². The van der Waals surface area contributed by atoms with Crippen LogP contribution >= 0.6 is 11.8 Å². The van der Waals surface area contributed by atoms with Crippen molar-refractivity contribution in [3.8, 4) is 11.5 Å². The van der Waals surface area contributed by atoms with Gasteiger partial charge in [-0.1, -0.05) is 6.07 Å². The maximum absolute atomic E-state index is 12.3. The summed E-state index contributed by atoms with van der Waals surface area (Å²) in [5.74, 6) is 0.523. The third-order valence-electron chi connectivity index (χ3n) is 3.71. The highest BCUT2D eigenvalue weighted by Gasteiger charge is 2.19. The molecule has 0 aliphatic rings. The predicted molar refractivity (Wildman–Crippen MR) is 106 cm³/mol. The Hall–Kier alpha value is -2.67. The standard InChI is InChI=1S/C20H23NO5S/c1-13-5-10-18(25-4)17(11-13)21-20(23)14(2)26-19(22)12-27-16-8-6-15(24-3)7-9-16/h5-11,14H,12H2,1-4H3,(H,21,23)/t14-/m0/s1.